The van der Waals surface area contributed by atoms with Crippen molar-refractivity contribution < 1.29 is 80.2 Å². The Hall–Kier alpha value is -1.94. The van der Waals surface area contributed by atoms with Crippen molar-refractivity contribution >= 4 is 39.5 Å². The topological polar surface area (TPSA) is 237 Å². The highest BCUT2D eigenvalue weighted by molar-refractivity contribution is 7.47. The standard InChI is InChI=1S/C69H134O17P2/c1-7-10-12-14-16-18-20-22-24-28-32-39-45-51-66(71)79-57-64(85-69(74)54-48-42-34-30-26-25-27-31-37-43-49-61(4)5)59-83-87(75,76)81-55-63(70)56-82-88(77,78)84-60-65(58-80-67(72)52-46-40-36-35-38-44-50-62(6)9-3)86-68(73)53-47-41-33-29-23-21-19-17-15-13-11-8-2/h61-65,70H,7-60H2,1-6H3,(H,75,76)(H,77,78)/t62?,63-,64-,65-/m1/s1. The summed E-state index contributed by atoms with van der Waals surface area (Å²) in [4.78, 5) is 72.5. The van der Waals surface area contributed by atoms with Crippen molar-refractivity contribution in [3.05, 3.63) is 0 Å². The summed E-state index contributed by atoms with van der Waals surface area (Å²) in [5.74, 6) is -0.642. The van der Waals surface area contributed by atoms with Crippen LogP contribution in [0.2, 0.25) is 0 Å². The first-order valence-electron chi connectivity index (χ1n) is 36.0. The molecule has 0 rings (SSSR count). The Morgan fingerprint density at radius 3 is 0.864 bits per heavy atom. The Kier molecular flexibility index (Phi) is 59.9. The minimum absolute atomic E-state index is 0.106. The molecule has 0 aromatic carbocycles. The molecule has 3 N–H and O–H groups in total. The highest BCUT2D eigenvalue weighted by Gasteiger charge is 2.30. The van der Waals surface area contributed by atoms with Gasteiger partial charge in [0, 0.05) is 25.7 Å². The molecule has 0 aliphatic heterocycles. The van der Waals surface area contributed by atoms with Gasteiger partial charge in [0.15, 0.2) is 12.2 Å². The number of phosphoric acid groups is 2. The van der Waals surface area contributed by atoms with E-state index in [1.54, 1.807) is 0 Å². The molecule has 0 bridgehead atoms. The van der Waals surface area contributed by atoms with Crippen LogP contribution in [0, 0.1) is 11.8 Å². The maximum absolute atomic E-state index is 13.0. The van der Waals surface area contributed by atoms with Crippen LogP contribution in [0.15, 0.2) is 0 Å². The molecule has 17 nitrogen and oxygen atoms in total. The van der Waals surface area contributed by atoms with E-state index in [2.05, 4.69) is 41.5 Å². The van der Waals surface area contributed by atoms with Gasteiger partial charge < -0.3 is 33.8 Å². The van der Waals surface area contributed by atoms with E-state index in [1.165, 1.54) is 161 Å². The minimum atomic E-state index is -4.95. The lowest BCUT2D eigenvalue weighted by Gasteiger charge is -2.21. The number of ether oxygens (including phenoxy) is 4. The third kappa shape index (κ3) is 61.6. The van der Waals surface area contributed by atoms with Crippen LogP contribution in [0.4, 0.5) is 0 Å². The van der Waals surface area contributed by atoms with Gasteiger partial charge in [0.2, 0.25) is 0 Å². The predicted octanol–water partition coefficient (Wildman–Crippen LogP) is 19.6. The number of aliphatic hydroxyl groups excluding tert-OH is 1. The van der Waals surface area contributed by atoms with Gasteiger partial charge in [0.05, 0.1) is 26.4 Å². The van der Waals surface area contributed by atoms with Crippen LogP contribution >= 0.6 is 15.6 Å². The molecular weight excluding hydrogens is 1160 g/mol. The van der Waals surface area contributed by atoms with Gasteiger partial charge in [-0.15, -0.1) is 0 Å². The fourth-order valence-electron chi connectivity index (χ4n) is 10.4. The molecule has 0 saturated heterocycles. The highest BCUT2D eigenvalue weighted by atomic mass is 31.2. The van der Waals surface area contributed by atoms with Gasteiger partial charge in [-0.3, -0.25) is 37.3 Å². The first-order chi connectivity index (χ1) is 42.4. The molecular formula is C69H134O17P2. The van der Waals surface area contributed by atoms with Crippen LogP contribution in [0.1, 0.15) is 350 Å². The lowest BCUT2D eigenvalue weighted by Crippen LogP contribution is -2.30. The van der Waals surface area contributed by atoms with Crippen LogP contribution in [0.25, 0.3) is 0 Å². The summed E-state index contributed by atoms with van der Waals surface area (Å²) in [6, 6.07) is 0. The van der Waals surface area contributed by atoms with Gasteiger partial charge >= 0.3 is 39.5 Å². The molecule has 0 aliphatic carbocycles. The summed E-state index contributed by atoms with van der Waals surface area (Å²) in [6.07, 6.45) is 45.7. The van der Waals surface area contributed by atoms with E-state index in [-0.39, 0.29) is 25.7 Å². The number of esters is 4. The Morgan fingerprint density at radius 2 is 0.580 bits per heavy atom. The number of phosphoric ester groups is 2. The van der Waals surface area contributed by atoms with E-state index in [0.717, 1.165) is 108 Å². The molecule has 19 heteroatoms. The molecule has 522 valence electrons. The maximum Gasteiger partial charge on any atom is 0.472 e. The summed E-state index contributed by atoms with van der Waals surface area (Å²) < 4.78 is 68.2. The third-order valence-electron chi connectivity index (χ3n) is 16.3. The Morgan fingerprint density at radius 1 is 0.330 bits per heavy atom. The summed E-state index contributed by atoms with van der Waals surface area (Å²) in [5, 5.41) is 10.6. The number of aliphatic hydroxyl groups is 1. The molecule has 0 heterocycles. The van der Waals surface area contributed by atoms with Crippen molar-refractivity contribution in [2.75, 3.05) is 39.6 Å². The largest absolute Gasteiger partial charge is 0.472 e. The van der Waals surface area contributed by atoms with Crippen molar-refractivity contribution in [3.8, 4) is 0 Å². The molecule has 0 saturated carbocycles. The highest BCUT2D eigenvalue weighted by Crippen LogP contribution is 2.45. The van der Waals surface area contributed by atoms with Gasteiger partial charge in [-0.1, -0.05) is 298 Å². The second-order valence-electron chi connectivity index (χ2n) is 25.6. The number of carbonyl (C=O) groups is 4. The van der Waals surface area contributed by atoms with Crippen LogP contribution in [0.5, 0.6) is 0 Å². The first kappa shape index (κ1) is 86.1. The molecule has 0 amide bonds. The van der Waals surface area contributed by atoms with Crippen molar-refractivity contribution in [2.24, 2.45) is 11.8 Å². The van der Waals surface area contributed by atoms with Gasteiger partial charge in [-0.2, -0.15) is 0 Å². The van der Waals surface area contributed by atoms with Crippen LogP contribution in [-0.4, -0.2) is 96.7 Å². The normalized spacial score (nSPS) is 14.5. The molecule has 88 heavy (non-hydrogen) atoms. The van der Waals surface area contributed by atoms with E-state index in [9.17, 15) is 43.2 Å². The number of hydrogen-bond donors (Lipinski definition) is 3. The lowest BCUT2D eigenvalue weighted by molar-refractivity contribution is -0.161. The maximum atomic E-state index is 13.0. The zero-order valence-electron chi connectivity index (χ0n) is 57.0. The summed E-state index contributed by atoms with van der Waals surface area (Å²) >= 11 is 0. The molecule has 0 radical (unpaired) electrons. The Balaban J connectivity index is 5.26. The second-order valence-corrected chi connectivity index (χ2v) is 28.5. The van der Waals surface area contributed by atoms with Gasteiger partial charge in [0.1, 0.15) is 19.3 Å². The van der Waals surface area contributed by atoms with E-state index in [0.29, 0.717) is 25.7 Å². The molecule has 6 atom stereocenters. The monoisotopic (exact) mass is 1300 g/mol. The zero-order chi connectivity index (χ0) is 65.0. The number of rotatable bonds is 68. The van der Waals surface area contributed by atoms with Crippen molar-refractivity contribution in [3.63, 3.8) is 0 Å². The van der Waals surface area contributed by atoms with Crippen LogP contribution in [-0.2, 0) is 65.4 Å². The SMILES string of the molecule is CCCCCCCCCCCCCCCC(=O)OC[C@H](COP(=O)(O)OC[C@@H](O)COP(=O)(O)OC[C@@H](COC(=O)CCCCCCCCC(C)CC)OC(=O)CCCCCCCCCCCCCC)OC(=O)CCCCCCCCCCCCC(C)C. The average Bonchev–Trinajstić information content (AvgIpc) is 3.60. The van der Waals surface area contributed by atoms with Crippen LogP contribution < -0.4 is 0 Å². The van der Waals surface area contributed by atoms with E-state index < -0.39 is 97.5 Å². The summed E-state index contributed by atoms with van der Waals surface area (Å²) in [6.45, 7) is 9.49. The fourth-order valence-corrected chi connectivity index (χ4v) is 12.0. The second kappa shape index (κ2) is 61.3. The quantitative estimate of drug-likeness (QED) is 0.0222. The zero-order valence-corrected chi connectivity index (χ0v) is 58.8. The van der Waals surface area contributed by atoms with E-state index >= 15 is 0 Å². The Bertz CT molecular complexity index is 1720. The van der Waals surface area contributed by atoms with Crippen molar-refractivity contribution in [1.82, 2.24) is 0 Å². The number of hydrogen-bond acceptors (Lipinski definition) is 15. The van der Waals surface area contributed by atoms with Crippen molar-refractivity contribution in [2.45, 2.75) is 368 Å². The molecule has 0 aliphatic rings. The van der Waals surface area contributed by atoms with Gasteiger partial charge in [0.25, 0.3) is 0 Å². The first-order valence-corrected chi connectivity index (χ1v) is 39.0. The molecule has 3 unspecified atom stereocenters. The molecule has 0 aromatic heterocycles. The van der Waals surface area contributed by atoms with Crippen LogP contribution in [0.3, 0.4) is 0 Å². The summed E-state index contributed by atoms with van der Waals surface area (Å²) in [7, 11) is -9.90. The number of unbranched alkanes of at least 4 members (excludes halogenated alkanes) is 37. The smallest absolute Gasteiger partial charge is 0.462 e. The van der Waals surface area contributed by atoms with Gasteiger partial charge in [-0.05, 0) is 37.5 Å². The minimum Gasteiger partial charge on any atom is -0.462 e. The third-order valence-corrected chi connectivity index (χ3v) is 18.2. The molecule has 0 spiro atoms. The molecule has 0 fully saturated rings. The van der Waals surface area contributed by atoms with Crippen molar-refractivity contribution in [1.29, 1.82) is 0 Å². The van der Waals surface area contributed by atoms with E-state index in [4.69, 9.17) is 37.0 Å². The average molecular weight is 1300 g/mol. The fraction of sp³-hybridized carbons (Fsp3) is 0.942. The number of carbonyl (C=O) groups excluding carboxylic acids is 4. The lowest BCUT2D eigenvalue weighted by atomic mass is 10.00. The molecule has 0 aromatic rings. The van der Waals surface area contributed by atoms with E-state index in [1.807, 2.05) is 0 Å². The predicted molar refractivity (Wildman–Crippen MR) is 354 cm³/mol. The summed E-state index contributed by atoms with van der Waals surface area (Å²) in [5.41, 5.74) is 0. The Labute approximate surface area is 537 Å². The van der Waals surface area contributed by atoms with Gasteiger partial charge in [-0.25, -0.2) is 9.13 Å².